The van der Waals surface area contributed by atoms with Gasteiger partial charge < -0.3 is 0 Å². The number of carbonyl (C=O) groups excluding carboxylic acids is 1. The largest absolute Gasteiger partial charge is 0.293 e. The van der Waals surface area contributed by atoms with Gasteiger partial charge in [-0.1, -0.05) is 17.7 Å². The Bertz CT molecular complexity index is 593. The lowest BCUT2D eigenvalue weighted by Gasteiger charge is -2.22. The molecule has 0 fully saturated rings. The average Bonchev–Trinajstić information content (AvgIpc) is 2.84. The topological polar surface area (TPSA) is 30.0 Å². The lowest BCUT2D eigenvalue weighted by molar-refractivity contribution is 0.0953. The minimum Gasteiger partial charge on any atom is -0.293 e. The van der Waals surface area contributed by atoms with E-state index in [1.54, 1.807) is 12.3 Å². The second-order valence-electron chi connectivity index (χ2n) is 4.46. The molecule has 2 aromatic heterocycles. The molecule has 0 bridgehead atoms. The molecule has 0 saturated carbocycles. The molecule has 0 radical (unpaired) electrons. The molecule has 1 unspecified atom stereocenters. The van der Waals surface area contributed by atoms with Gasteiger partial charge in [0.15, 0.2) is 5.78 Å². The fraction of sp³-hybridized carbons (Fsp3) is 0.286. The summed E-state index contributed by atoms with van der Waals surface area (Å²) in [6.45, 7) is 0. The predicted molar refractivity (Wildman–Crippen MR) is 73.6 cm³/mol. The summed E-state index contributed by atoms with van der Waals surface area (Å²) in [6, 6.07) is 7.60. The number of rotatable bonds is 2. The summed E-state index contributed by atoms with van der Waals surface area (Å²) in [5.74, 6) is 0.0659. The molecule has 2 nitrogen and oxygen atoms in total. The Labute approximate surface area is 115 Å². The Hall–Kier alpha value is -1.19. The number of Topliss-reactive ketones (excluding diaryl/α,β-unsaturated/α-hetero) is 1. The Morgan fingerprint density at radius 2 is 2.28 bits per heavy atom. The minimum absolute atomic E-state index is 0.0929. The molecule has 2 heterocycles. The summed E-state index contributed by atoms with van der Waals surface area (Å²) in [7, 11) is 0. The van der Waals surface area contributed by atoms with Crippen LogP contribution in [0.5, 0.6) is 0 Å². The third-order valence-electron chi connectivity index (χ3n) is 3.33. The van der Waals surface area contributed by atoms with E-state index < -0.39 is 0 Å². The number of nitrogens with zero attached hydrogens (tertiary/aromatic N) is 1. The number of ketones is 1. The smallest absolute Gasteiger partial charge is 0.181 e. The summed E-state index contributed by atoms with van der Waals surface area (Å²) in [5.41, 5.74) is 2.17. The lowest BCUT2D eigenvalue weighted by atomic mass is 9.83. The van der Waals surface area contributed by atoms with Crippen LogP contribution in [0.25, 0.3) is 0 Å². The summed E-state index contributed by atoms with van der Waals surface area (Å²) in [4.78, 5) is 17.6. The zero-order valence-corrected chi connectivity index (χ0v) is 11.3. The van der Waals surface area contributed by atoms with E-state index in [9.17, 15) is 4.79 Å². The Kier molecular flexibility index (Phi) is 3.18. The van der Waals surface area contributed by atoms with Gasteiger partial charge in [-0.2, -0.15) is 0 Å². The highest BCUT2D eigenvalue weighted by atomic mass is 35.5. The molecular formula is C14H12ClNOS. The van der Waals surface area contributed by atoms with Gasteiger partial charge in [-0.25, -0.2) is 0 Å². The first kappa shape index (κ1) is 11.9. The van der Waals surface area contributed by atoms with Crippen molar-refractivity contribution in [3.05, 3.63) is 50.9 Å². The molecule has 4 heteroatoms. The fourth-order valence-corrected chi connectivity index (χ4v) is 3.52. The maximum atomic E-state index is 12.5. The molecule has 1 aliphatic rings. The van der Waals surface area contributed by atoms with E-state index in [-0.39, 0.29) is 11.7 Å². The van der Waals surface area contributed by atoms with Crippen LogP contribution >= 0.6 is 22.9 Å². The van der Waals surface area contributed by atoms with Crippen LogP contribution < -0.4 is 0 Å². The lowest BCUT2D eigenvalue weighted by Crippen LogP contribution is -2.19. The number of halogens is 1. The van der Waals surface area contributed by atoms with Gasteiger partial charge in [-0.3, -0.25) is 9.78 Å². The van der Waals surface area contributed by atoms with Gasteiger partial charge in [0, 0.05) is 6.20 Å². The highest BCUT2D eigenvalue weighted by Crippen LogP contribution is 2.34. The third-order valence-corrected chi connectivity index (χ3v) is 4.57. The van der Waals surface area contributed by atoms with Crippen molar-refractivity contribution in [1.82, 2.24) is 4.98 Å². The van der Waals surface area contributed by atoms with Gasteiger partial charge in [-0.15, -0.1) is 11.3 Å². The molecular weight excluding hydrogens is 266 g/mol. The van der Waals surface area contributed by atoms with Crippen molar-refractivity contribution in [3.8, 4) is 0 Å². The van der Waals surface area contributed by atoms with Crippen molar-refractivity contribution >= 4 is 28.7 Å². The Balaban J connectivity index is 1.96. The van der Waals surface area contributed by atoms with Crippen LogP contribution in [0.4, 0.5) is 0 Å². The van der Waals surface area contributed by atoms with Crippen LogP contribution in [0.2, 0.25) is 4.34 Å². The van der Waals surface area contributed by atoms with Gasteiger partial charge in [0.2, 0.25) is 0 Å². The first-order valence-electron chi connectivity index (χ1n) is 5.99. The van der Waals surface area contributed by atoms with E-state index in [0.717, 1.165) is 29.8 Å². The van der Waals surface area contributed by atoms with Crippen LogP contribution in [-0.2, 0) is 6.42 Å². The van der Waals surface area contributed by atoms with Gasteiger partial charge in [0.25, 0.3) is 0 Å². The Morgan fingerprint density at radius 3 is 3.06 bits per heavy atom. The molecule has 18 heavy (non-hydrogen) atoms. The zero-order valence-electron chi connectivity index (χ0n) is 9.73. The molecule has 1 atom stereocenters. The molecule has 0 aromatic carbocycles. The number of aromatic nitrogens is 1. The summed E-state index contributed by atoms with van der Waals surface area (Å²) in [6.07, 6.45) is 4.73. The molecule has 0 amide bonds. The van der Waals surface area contributed by atoms with E-state index in [1.807, 2.05) is 12.1 Å². The number of pyridine rings is 1. The minimum atomic E-state index is -0.0929. The van der Waals surface area contributed by atoms with Crippen LogP contribution in [0.15, 0.2) is 30.5 Å². The van der Waals surface area contributed by atoms with Crippen molar-refractivity contribution in [3.63, 3.8) is 0 Å². The van der Waals surface area contributed by atoms with Crippen molar-refractivity contribution in [2.45, 2.75) is 25.2 Å². The van der Waals surface area contributed by atoms with Gasteiger partial charge in [0.05, 0.1) is 20.8 Å². The number of hydrogen-bond donors (Lipinski definition) is 0. The van der Waals surface area contributed by atoms with Crippen LogP contribution in [0.3, 0.4) is 0 Å². The first-order valence-corrected chi connectivity index (χ1v) is 7.18. The second kappa shape index (κ2) is 4.82. The number of carbonyl (C=O) groups is 1. The van der Waals surface area contributed by atoms with Gasteiger partial charge >= 0.3 is 0 Å². The highest BCUT2D eigenvalue weighted by Gasteiger charge is 2.29. The van der Waals surface area contributed by atoms with Crippen molar-refractivity contribution < 1.29 is 4.79 Å². The molecule has 0 spiro atoms. The molecule has 92 valence electrons. The molecule has 3 rings (SSSR count). The number of thiophene rings is 1. The standard InChI is InChI=1S/C14H12ClNOS/c15-12-7-6-11(18-12)14(17)10-5-1-3-9-4-2-8-16-13(9)10/h2,4,6-8,10H,1,3,5H2. The van der Waals surface area contributed by atoms with Crippen molar-refractivity contribution in [2.75, 3.05) is 0 Å². The van der Waals surface area contributed by atoms with E-state index in [1.165, 1.54) is 16.9 Å². The molecule has 1 aliphatic carbocycles. The van der Waals surface area contributed by atoms with E-state index in [4.69, 9.17) is 11.6 Å². The second-order valence-corrected chi connectivity index (χ2v) is 6.18. The van der Waals surface area contributed by atoms with Crippen molar-refractivity contribution in [1.29, 1.82) is 0 Å². The Morgan fingerprint density at radius 1 is 1.39 bits per heavy atom. The summed E-state index contributed by atoms with van der Waals surface area (Å²) in [5, 5.41) is 0. The molecule has 0 saturated heterocycles. The quantitative estimate of drug-likeness (QED) is 0.774. The maximum Gasteiger partial charge on any atom is 0.181 e. The molecule has 0 N–H and O–H groups in total. The first-order chi connectivity index (χ1) is 8.75. The van der Waals surface area contributed by atoms with Crippen LogP contribution in [0, 0.1) is 0 Å². The normalized spacial score (nSPS) is 18.4. The highest BCUT2D eigenvalue weighted by molar-refractivity contribution is 7.18. The maximum absolute atomic E-state index is 12.5. The van der Waals surface area contributed by atoms with Gasteiger partial charge in [0.1, 0.15) is 0 Å². The van der Waals surface area contributed by atoms with E-state index >= 15 is 0 Å². The average molecular weight is 278 g/mol. The summed E-state index contributed by atoms with van der Waals surface area (Å²) < 4.78 is 0.662. The number of hydrogen-bond acceptors (Lipinski definition) is 3. The molecule has 0 aliphatic heterocycles. The zero-order chi connectivity index (χ0) is 12.5. The van der Waals surface area contributed by atoms with E-state index in [0.29, 0.717) is 4.34 Å². The number of fused-ring (bicyclic) bond motifs is 1. The molecule has 2 aromatic rings. The van der Waals surface area contributed by atoms with E-state index in [2.05, 4.69) is 11.1 Å². The van der Waals surface area contributed by atoms with Crippen LogP contribution in [-0.4, -0.2) is 10.8 Å². The monoisotopic (exact) mass is 277 g/mol. The van der Waals surface area contributed by atoms with Gasteiger partial charge in [-0.05, 0) is 43.0 Å². The SMILES string of the molecule is O=C(c1ccc(Cl)s1)C1CCCc2cccnc21. The summed E-state index contributed by atoms with van der Waals surface area (Å²) >= 11 is 7.25. The van der Waals surface area contributed by atoms with Crippen LogP contribution in [0.1, 0.15) is 39.7 Å². The number of aryl methyl sites for hydroxylation is 1. The predicted octanol–water partition coefficient (Wildman–Crippen LogP) is 4.10. The third kappa shape index (κ3) is 2.08. The van der Waals surface area contributed by atoms with Crippen molar-refractivity contribution in [2.24, 2.45) is 0 Å². The fourth-order valence-electron chi connectivity index (χ4n) is 2.48.